The Balaban J connectivity index is 1.51. The van der Waals surface area contributed by atoms with Gasteiger partial charge in [-0.1, -0.05) is 36.4 Å². The van der Waals surface area contributed by atoms with Crippen molar-refractivity contribution in [3.8, 4) is 0 Å². The first-order valence-electron chi connectivity index (χ1n) is 8.61. The summed E-state index contributed by atoms with van der Waals surface area (Å²) in [5.41, 5.74) is 9.40. The summed E-state index contributed by atoms with van der Waals surface area (Å²) in [5, 5.41) is 3.45. The molecule has 0 aromatic heterocycles. The number of benzene rings is 2. The molecule has 7 heteroatoms. The topological polar surface area (TPSA) is 70.2 Å². The predicted octanol–water partition coefficient (Wildman–Crippen LogP) is 1.93. The van der Waals surface area contributed by atoms with Crippen molar-refractivity contribution < 1.29 is 12.8 Å². The van der Waals surface area contributed by atoms with Gasteiger partial charge in [0.05, 0.1) is 11.8 Å². The minimum absolute atomic E-state index is 0.0689. The van der Waals surface area contributed by atoms with E-state index in [0.29, 0.717) is 12.5 Å². The predicted molar refractivity (Wildman–Crippen MR) is 100 cm³/mol. The number of sulfone groups is 1. The highest BCUT2D eigenvalue weighted by atomic mass is 32.2. The highest BCUT2D eigenvalue weighted by Gasteiger charge is 2.27. The molecular formula is C19H24FN3O2S. The zero-order valence-electron chi connectivity index (χ0n) is 14.7. The molecule has 0 saturated carbocycles. The molecule has 0 amide bonds. The number of halogens is 1. The lowest BCUT2D eigenvalue weighted by Crippen LogP contribution is -2.28. The van der Waals surface area contributed by atoms with Gasteiger partial charge in [0, 0.05) is 31.8 Å². The van der Waals surface area contributed by atoms with Gasteiger partial charge in [0.2, 0.25) is 0 Å². The first kappa shape index (κ1) is 19.0. The quantitative estimate of drug-likeness (QED) is 0.688. The van der Waals surface area contributed by atoms with Gasteiger partial charge < -0.3 is 5.32 Å². The van der Waals surface area contributed by atoms with E-state index in [1.165, 1.54) is 18.4 Å². The maximum absolute atomic E-state index is 13.1. The third-order valence-electron chi connectivity index (χ3n) is 4.51. The van der Waals surface area contributed by atoms with E-state index >= 15 is 0 Å². The second-order valence-electron chi connectivity index (χ2n) is 6.83. The standard InChI is InChI=1S/C19H24FN3O2S/c1-26(24,25)13-15-4-2-14(3-5-15)10-21-11-17-12-22-23-19(17)16-6-8-18(20)9-7-16/h2-9,17,19,21-23H,10-13H2,1H3. The van der Waals surface area contributed by atoms with Gasteiger partial charge in [-0.05, 0) is 28.8 Å². The Morgan fingerprint density at radius 1 is 1.08 bits per heavy atom. The number of hydrazine groups is 1. The molecule has 2 aromatic carbocycles. The van der Waals surface area contributed by atoms with Crippen LogP contribution in [0.1, 0.15) is 22.7 Å². The van der Waals surface area contributed by atoms with E-state index in [2.05, 4.69) is 16.2 Å². The van der Waals surface area contributed by atoms with Crippen molar-refractivity contribution in [3.05, 3.63) is 71.0 Å². The third kappa shape index (κ3) is 5.35. The molecule has 2 atom stereocenters. The molecule has 0 bridgehead atoms. The van der Waals surface area contributed by atoms with Crippen LogP contribution in [0.5, 0.6) is 0 Å². The van der Waals surface area contributed by atoms with Crippen molar-refractivity contribution in [3.63, 3.8) is 0 Å². The Labute approximate surface area is 153 Å². The van der Waals surface area contributed by atoms with Gasteiger partial charge in [0.1, 0.15) is 5.82 Å². The average molecular weight is 377 g/mol. The Morgan fingerprint density at radius 3 is 2.38 bits per heavy atom. The lowest BCUT2D eigenvalue weighted by atomic mass is 9.95. The van der Waals surface area contributed by atoms with E-state index in [1.54, 1.807) is 0 Å². The van der Waals surface area contributed by atoms with E-state index < -0.39 is 9.84 Å². The Morgan fingerprint density at radius 2 is 1.73 bits per heavy atom. The summed E-state index contributed by atoms with van der Waals surface area (Å²) >= 11 is 0. The van der Waals surface area contributed by atoms with E-state index in [4.69, 9.17) is 0 Å². The molecule has 3 rings (SSSR count). The molecule has 2 aromatic rings. The number of nitrogens with one attached hydrogen (secondary N) is 3. The zero-order chi connectivity index (χ0) is 18.6. The fourth-order valence-corrected chi connectivity index (χ4v) is 4.01. The van der Waals surface area contributed by atoms with Crippen LogP contribution < -0.4 is 16.2 Å². The van der Waals surface area contributed by atoms with Crippen LogP contribution in [-0.4, -0.2) is 27.8 Å². The number of hydrogen-bond donors (Lipinski definition) is 3. The van der Waals surface area contributed by atoms with Gasteiger partial charge in [-0.25, -0.2) is 18.2 Å². The van der Waals surface area contributed by atoms with Crippen LogP contribution >= 0.6 is 0 Å². The molecule has 3 N–H and O–H groups in total. The number of rotatable bonds is 7. The highest BCUT2D eigenvalue weighted by Crippen LogP contribution is 2.24. The minimum Gasteiger partial charge on any atom is -0.312 e. The molecule has 140 valence electrons. The monoisotopic (exact) mass is 377 g/mol. The molecule has 1 fully saturated rings. The molecule has 2 unspecified atom stereocenters. The molecule has 1 saturated heterocycles. The van der Waals surface area contributed by atoms with Crippen molar-refractivity contribution in [2.24, 2.45) is 5.92 Å². The summed E-state index contributed by atoms with van der Waals surface area (Å²) in [7, 11) is -3.01. The third-order valence-corrected chi connectivity index (χ3v) is 5.37. The summed E-state index contributed by atoms with van der Waals surface area (Å²) < 4.78 is 35.8. The molecule has 0 spiro atoms. The normalized spacial score (nSPS) is 20.4. The van der Waals surface area contributed by atoms with Gasteiger partial charge in [0.25, 0.3) is 0 Å². The van der Waals surface area contributed by atoms with Crippen LogP contribution in [0, 0.1) is 11.7 Å². The average Bonchev–Trinajstić information content (AvgIpc) is 3.04. The van der Waals surface area contributed by atoms with Crippen molar-refractivity contribution in [1.29, 1.82) is 0 Å². The summed E-state index contributed by atoms with van der Waals surface area (Å²) in [6, 6.07) is 14.4. The lowest BCUT2D eigenvalue weighted by Gasteiger charge is -2.19. The molecular weight excluding hydrogens is 353 g/mol. The van der Waals surface area contributed by atoms with E-state index in [1.807, 2.05) is 36.4 Å². The molecule has 1 heterocycles. The number of hydrogen-bond acceptors (Lipinski definition) is 5. The fraction of sp³-hybridized carbons (Fsp3) is 0.368. The molecule has 26 heavy (non-hydrogen) atoms. The molecule has 1 aliphatic heterocycles. The second-order valence-corrected chi connectivity index (χ2v) is 8.97. The first-order valence-corrected chi connectivity index (χ1v) is 10.7. The van der Waals surface area contributed by atoms with Crippen LogP contribution in [0.25, 0.3) is 0 Å². The Bertz CT molecular complexity index is 823. The van der Waals surface area contributed by atoms with Gasteiger partial charge in [0.15, 0.2) is 9.84 Å². The van der Waals surface area contributed by atoms with Gasteiger partial charge in [-0.15, -0.1) is 0 Å². The molecule has 5 nitrogen and oxygen atoms in total. The van der Waals surface area contributed by atoms with Crippen molar-refractivity contribution in [1.82, 2.24) is 16.2 Å². The minimum atomic E-state index is -3.01. The maximum Gasteiger partial charge on any atom is 0.151 e. The molecule has 0 radical (unpaired) electrons. The van der Waals surface area contributed by atoms with Crippen molar-refractivity contribution in [2.45, 2.75) is 18.3 Å². The fourth-order valence-electron chi connectivity index (χ4n) is 3.21. The summed E-state index contributed by atoms with van der Waals surface area (Å²) in [6.07, 6.45) is 1.24. The van der Waals surface area contributed by atoms with Gasteiger partial charge in [-0.3, -0.25) is 5.43 Å². The van der Waals surface area contributed by atoms with Gasteiger partial charge >= 0.3 is 0 Å². The SMILES string of the molecule is CS(=O)(=O)Cc1ccc(CNCC2CNNC2c2ccc(F)cc2)cc1. The Kier molecular flexibility index (Phi) is 6.03. The van der Waals surface area contributed by atoms with Crippen molar-refractivity contribution in [2.75, 3.05) is 19.3 Å². The van der Waals surface area contributed by atoms with Crippen LogP contribution in [-0.2, 0) is 22.1 Å². The van der Waals surface area contributed by atoms with E-state index in [9.17, 15) is 12.8 Å². The smallest absolute Gasteiger partial charge is 0.151 e. The van der Waals surface area contributed by atoms with Crippen LogP contribution in [0.15, 0.2) is 48.5 Å². The highest BCUT2D eigenvalue weighted by molar-refractivity contribution is 7.89. The van der Waals surface area contributed by atoms with Crippen LogP contribution in [0.3, 0.4) is 0 Å². The summed E-state index contributed by atoms with van der Waals surface area (Å²) in [5.74, 6) is 0.193. The summed E-state index contributed by atoms with van der Waals surface area (Å²) in [6.45, 7) is 2.36. The van der Waals surface area contributed by atoms with Crippen LogP contribution in [0.2, 0.25) is 0 Å². The van der Waals surface area contributed by atoms with E-state index in [0.717, 1.165) is 29.8 Å². The Hall–Kier alpha value is -1.80. The first-order chi connectivity index (χ1) is 12.4. The lowest BCUT2D eigenvalue weighted by molar-refractivity contribution is 0.441. The molecule has 1 aliphatic rings. The van der Waals surface area contributed by atoms with Crippen LogP contribution in [0.4, 0.5) is 4.39 Å². The maximum atomic E-state index is 13.1. The van der Waals surface area contributed by atoms with E-state index in [-0.39, 0.29) is 17.6 Å². The largest absolute Gasteiger partial charge is 0.312 e. The summed E-state index contributed by atoms with van der Waals surface area (Å²) in [4.78, 5) is 0. The molecule has 0 aliphatic carbocycles. The van der Waals surface area contributed by atoms with Crippen molar-refractivity contribution >= 4 is 9.84 Å². The second kappa shape index (κ2) is 8.26. The zero-order valence-corrected chi connectivity index (χ0v) is 15.5. The van der Waals surface area contributed by atoms with Gasteiger partial charge in [-0.2, -0.15) is 0 Å².